The molecule has 78 valence electrons. The lowest BCUT2D eigenvalue weighted by Crippen LogP contribution is -2.46. The van der Waals surface area contributed by atoms with Crippen LogP contribution in [0.3, 0.4) is 0 Å². The number of carbonyl (C=O) groups excluding carboxylic acids is 1. The van der Waals surface area contributed by atoms with Crippen molar-refractivity contribution in [3.8, 4) is 0 Å². The van der Waals surface area contributed by atoms with Gasteiger partial charge in [0.2, 0.25) is 5.91 Å². The van der Waals surface area contributed by atoms with Crippen LogP contribution in [0.5, 0.6) is 0 Å². The Labute approximate surface area is 80.3 Å². The molecule has 1 heterocycles. The summed E-state index contributed by atoms with van der Waals surface area (Å²) in [6.07, 6.45) is 1.70. The summed E-state index contributed by atoms with van der Waals surface area (Å²) in [6.45, 7) is -0.0690. The maximum absolute atomic E-state index is 11.2. The first-order valence-corrected chi connectivity index (χ1v) is 3.93. The lowest BCUT2D eigenvalue weighted by Gasteiger charge is -2.20. The summed E-state index contributed by atoms with van der Waals surface area (Å²) < 4.78 is 0. The van der Waals surface area contributed by atoms with E-state index in [0.717, 1.165) is 0 Å². The molecule has 1 unspecified atom stereocenters. The molecule has 0 aromatic heterocycles. The summed E-state index contributed by atoms with van der Waals surface area (Å²) in [5.74, 6) is -0.258. The van der Waals surface area contributed by atoms with Gasteiger partial charge in [-0.15, -0.1) is 5.06 Å². The Balaban J connectivity index is 2.45. The highest BCUT2D eigenvalue weighted by Gasteiger charge is 2.28. The van der Waals surface area contributed by atoms with Crippen molar-refractivity contribution in [2.24, 2.45) is 0 Å². The van der Waals surface area contributed by atoms with E-state index >= 15 is 0 Å². The summed E-state index contributed by atoms with van der Waals surface area (Å²) in [7, 11) is 1.50. The molecule has 0 spiro atoms. The molecule has 0 saturated heterocycles. The Morgan fingerprint density at radius 3 is 2.93 bits per heavy atom. The van der Waals surface area contributed by atoms with Crippen LogP contribution in [0.1, 0.15) is 0 Å². The Bertz CT molecular complexity index is 266. The third-order valence-corrected chi connectivity index (χ3v) is 1.67. The molecule has 7 heteroatoms. The second-order valence-corrected chi connectivity index (χ2v) is 2.55. The molecular formula is C7H11N3O4. The van der Waals surface area contributed by atoms with Crippen LogP contribution in [0.15, 0.2) is 12.3 Å². The molecular weight excluding hydrogens is 190 g/mol. The fraction of sp³-hybridized carbons (Fsp3) is 0.429. The number of carboxylic acid groups (broad SMARTS) is 1. The van der Waals surface area contributed by atoms with Gasteiger partial charge in [0.05, 0.1) is 0 Å². The summed E-state index contributed by atoms with van der Waals surface area (Å²) in [5, 5.41) is 14.1. The van der Waals surface area contributed by atoms with Crippen molar-refractivity contribution in [2.45, 2.75) is 6.04 Å². The maximum atomic E-state index is 11.2. The van der Waals surface area contributed by atoms with Gasteiger partial charge < -0.3 is 20.6 Å². The molecule has 0 bridgehead atoms. The maximum Gasteiger partial charge on any atom is 0.405 e. The summed E-state index contributed by atoms with van der Waals surface area (Å²) in [4.78, 5) is 26.3. The highest BCUT2D eigenvalue weighted by molar-refractivity contribution is 5.83. The number of carbonyl (C=O) groups is 2. The quantitative estimate of drug-likeness (QED) is 0.549. The average Bonchev–Trinajstić information content (AvgIpc) is 2.61. The highest BCUT2D eigenvalue weighted by Crippen LogP contribution is 2.09. The lowest BCUT2D eigenvalue weighted by molar-refractivity contribution is -0.144. The fourth-order valence-electron chi connectivity index (χ4n) is 0.997. The van der Waals surface area contributed by atoms with E-state index in [4.69, 9.17) is 9.94 Å². The first-order valence-electron chi connectivity index (χ1n) is 3.93. The van der Waals surface area contributed by atoms with Gasteiger partial charge in [-0.1, -0.05) is 0 Å². The number of likely N-dealkylation sites (N-methyl/N-ethyl adjacent to an activating group) is 1. The summed E-state index contributed by atoms with van der Waals surface area (Å²) in [6, 6.07) is -0.591. The minimum Gasteiger partial charge on any atom is -0.465 e. The van der Waals surface area contributed by atoms with Gasteiger partial charge in [0, 0.05) is 7.05 Å². The topological polar surface area (TPSA) is 90.9 Å². The molecule has 0 aromatic rings. The number of hydroxylamine groups is 2. The van der Waals surface area contributed by atoms with E-state index in [2.05, 4.69) is 10.6 Å². The number of nitrogens with one attached hydrogen (secondary N) is 2. The molecule has 0 radical (unpaired) electrons. The highest BCUT2D eigenvalue weighted by atomic mass is 16.7. The van der Waals surface area contributed by atoms with Crippen molar-refractivity contribution >= 4 is 12.0 Å². The molecule has 1 rings (SSSR count). The van der Waals surface area contributed by atoms with Gasteiger partial charge in [-0.05, 0) is 6.08 Å². The zero-order chi connectivity index (χ0) is 10.6. The Morgan fingerprint density at radius 1 is 1.64 bits per heavy atom. The van der Waals surface area contributed by atoms with Crippen LogP contribution in [0, 0.1) is 0 Å². The summed E-state index contributed by atoms with van der Waals surface area (Å²) >= 11 is 0. The van der Waals surface area contributed by atoms with E-state index in [1.807, 2.05) is 0 Å². The van der Waals surface area contributed by atoms with Crippen LogP contribution >= 0.6 is 0 Å². The van der Waals surface area contributed by atoms with Crippen LogP contribution in [-0.4, -0.2) is 41.9 Å². The van der Waals surface area contributed by atoms with Gasteiger partial charge in [-0.3, -0.25) is 4.79 Å². The molecule has 1 atom stereocenters. The van der Waals surface area contributed by atoms with Gasteiger partial charge in [0.25, 0.3) is 0 Å². The van der Waals surface area contributed by atoms with E-state index in [1.54, 1.807) is 0 Å². The number of nitrogens with zero attached hydrogens (tertiary/aromatic N) is 1. The minimum atomic E-state index is -1.17. The summed E-state index contributed by atoms with van der Waals surface area (Å²) in [5.41, 5.74) is 0. The van der Waals surface area contributed by atoms with Crippen molar-refractivity contribution in [1.29, 1.82) is 0 Å². The van der Waals surface area contributed by atoms with E-state index in [-0.39, 0.29) is 12.6 Å². The number of hydrogen-bond acceptors (Lipinski definition) is 4. The standard InChI is InChI=1S/C7H11N3O4/c1-8-6(11)5-2-3-14-10(5)4-9-7(12)13/h2-3,5,9H,4H2,1H3,(H,8,11)(H,12,13). The van der Waals surface area contributed by atoms with Crippen molar-refractivity contribution in [3.63, 3.8) is 0 Å². The van der Waals surface area contributed by atoms with E-state index < -0.39 is 12.1 Å². The zero-order valence-corrected chi connectivity index (χ0v) is 7.56. The normalized spacial score (nSPS) is 20.2. The largest absolute Gasteiger partial charge is 0.465 e. The van der Waals surface area contributed by atoms with E-state index in [9.17, 15) is 9.59 Å². The third kappa shape index (κ3) is 2.36. The molecule has 2 amide bonds. The van der Waals surface area contributed by atoms with Gasteiger partial charge in [-0.25, -0.2) is 4.79 Å². The SMILES string of the molecule is CNC(=O)C1C=CON1CNC(=O)O. The smallest absolute Gasteiger partial charge is 0.405 e. The number of amides is 2. The molecule has 1 aliphatic rings. The molecule has 1 aliphatic heterocycles. The van der Waals surface area contributed by atoms with Gasteiger partial charge >= 0.3 is 6.09 Å². The molecule has 14 heavy (non-hydrogen) atoms. The van der Waals surface area contributed by atoms with E-state index in [1.165, 1.54) is 24.4 Å². The molecule has 3 N–H and O–H groups in total. The predicted molar refractivity (Wildman–Crippen MR) is 45.9 cm³/mol. The van der Waals surface area contributed by atoms with Gasteiger partial charge in [0.1, 0.15) is 19.0 Å². The first kappa shape index (κ1) is 10.3. The van der Waals surface area contributed by atoms with Gasteiger partial charge in [0.15, 0.2) is 0 Å². The number of rotatable bonds is 3. The van der Waals surface area contributed by atoms with Crippen LogP contribution in [-0.2, 0) is 9.63 Å². The molecule has 0 fully saturated rings. The fourth-order valence-corrected chi connectivity index (χ4v) is 0.997. The van der Waals surface area contributed by atoms with Gasteiger partial charge in [-0.2, -0.15) is 0 Å². The monoisotopic (exact) mass is 201 g/mol. The Kier molecular flexibility index (Phi) is 3.29. The van der Waals surface area contributed by atoms with E-state index in [0.29, 0.717) is 0 Å². The molecule has 0 saturated carbocycles. The molecule has 0 aliphatic carbocycles. The Hall–Kier alpha value is -1.76. The second kappa shape index (κ2) is 4.47. The molecule has 7 nitrogen and oxygen atoms in total. The number of hydrogen-bond donors (Lipinski definition) is 3. The second-order valence-electron chi connectivity index (χ2n) is 2.55. The van der Waals surface area contributed by atoms with Crippen LogP contribution < -0.4 is 10.6 Å². The van der Waals surface area contributed by atoms with Crippen molar-refractivity contribution in [3.05, 3.63) is 12.3 Å². The van der Waals surface area contributed by atoms with Crippen LogP contribution in [0.2, 0.25) is 0 Å². The first-order chi connectivity index (χ1) is 6.65. The molecule has 0 aromatic carbocycles. The van der Waals surface area contributed by atoms with Crippen molar-refractivity contribution in [2.75, 3.05) is 13.7 Å². The minimum absolute atomic E-state index is 0.0690. The predicted octanol–water partition coefficient (Wildman–Crippen LogP) is -0.913. The zero-order valence-electron chi connectivity index (χ0n) is 7.56. The lowest BCUT2D eigenvalue weighted by atomic mass is 10.3. The third-order valence-electron chi connectivity index (χ3n) is 1.67. The van der Waals surface area contributed by atoms with Crippen molar-refractivity contribution < 1.29 is 19.5 Å². The Morgan fingerprint density at radius 2 is 2.36 bits per heavy atom. The van der Waals surface area contributed by atoms with Crippen LogP contribution in [0.25, 0.3) is 0 Å². The van der Waals surface area contributed by atoms with Crippen molar-refractivity contribution in [1.82, 2.24) is 15.7 Å². The van der Waals surface area contributed by atoms with Crippen LogP contribution in [0.4, 0.5) is 4.79 Å². The average molecular weight is 201 g/mol.